The van der Waals surface area contributed by atoms with Crippen LogP contribution in [0.5, 0.6) is 0 Å². The number of carbonyl (C=O) groups excluding carboxylic acids is 1. The number of likely N-dealkylation sites (tertiary alicyclic amines) is 1. The molecular weight excluding hydrogens is 234 g/mol. The molecule has 0 unspecified atom stereocenters. The van der Waals surface area contributed by atoms with Gasteiger partial charge in [-0.1, -0.05) is 6.92 Å². The summed E-state index contributed by atoms with van der Waals surface area (Å²) in [5.41, 5.74) is 1.06. The molecule has 1 amide bonds. The molecule has 17 heavy (non-hydrogen) atoms. The highest BCUT2D eigenvalue weighted by atomic mass is 32.1. The first-order chi connectivity index (χ1) is 8.13. The Labute approximate surface area is 106 Å². The van der Waals surface area contributed by atoms with Crippen LogP contribution < -0.4 is 5.32 Å². The summed E-state index contributed by atoms with van der Waals surface area (Å²) < 4.78 is 0. The molecule has 1 saturated heterocycles. The van der Waals surface area contributed by atoms with Crippen LogP contribution in [0.25, 0.3) is 0 Å². The van der Waals surface area contributed by atoms with Crippen LogP contribution in [0.4, 0.5) is 5.13 Å². The number of hydrogen-bond acceptors (Lipinski definition) is 4. The van der Waals surface area contributed by atoms with Gasteiger partial charge in [0.2, 0.25) is 5.91 Å². The summed E-state index contributed by atoms with van der Waals surface area (Å²) in [5, 5.41) is 5.46. The highest BCUT2D eigenvalue weighted by Crippen LogP contribution is 2.20. The summed E-state index contributed by atoms with van der Waals surface area (Å²) in [5.74, 6) is 0.731. The predicted octanol–water partition coefficient (Wildman–Crippen LogP) is 2.33. The lowest BCUT2D eigenvalue weighted by molar-refractivity contribution is -0.114. The average Bonchev–Trinajstić information content (AvgIpc) is 2.64. The minimum atomic E-state index is -0.0579. The van der Waals surface area contributed by atoms with Crippen LogP contribution in [-0.2, 0) is 11.3 Å². The molecule has 1 atom stereocenters. The molecule has 1 aliphatic rings. The summed E-state index contributed by atoms with van der Waals surface area (Å²) >= 11 is 1.50. The zero-order valence-electron chi connectivity index (χ0n) is 10.4. The van der Waals surface area contributed by atoms with Gasteiger partial charge in [0.1, 0.15) is 0 Å². The van der Waals surface area contributed by atoms with Crippen molar-refractivity contribution in [1.29, 1.82) is 0 Å². The zero-order chi connectivity index (χ0) is 12.3. The van der Waals surface area contributed by atoms with Crippen LogP contribution in [0.15, 0.2) is 5.38 Å². The Bertz CT molecular complexity index is 391. The van der Waals surface area contributed by atoms with E-state index in [1.165, 1.54) is 31.1 Å². The number of hydrogen-bond donors (Lipinski definition) is 1. The fraction of sp³-hybridized carbons (Fsp3) is 0.667. The number of anilines is 1. The third-order valence-corrected chi connectivity index (χ3v) is 3.77. The van der Waals surface area contributed by atoms with E-state index in [4.69, 9.17) is 0 Å². The Hall–Kier alpha value is -0.940. The minimum absolute atomic E-state index is 0.0579. The number of carbonyl (C=O) groups is 1. The number of nitrogens with zero attached hydrogens (tertiary/aromatic N) is 2. The van der Waals surface area contributed by atoms with Crippen molar-refractivity contribution in [3.05, 3.63) is 11.1 Å². The maximum absolute atomic E-state index is 10.9. The Morgan fingerprint density at radius 3 is 3.24 bits per heavy atom. The molecule has 1 N–H and O–H groups in total. The van der Waals surface area contributed by atoms with Gasteiger partial charge in [0, 0.05) is 25.4 Å². The van der Waals surface area contributed by atoms with E-state index in [1.54, 1.807) is 0 Å². The smallest absolute Gasteiger partial charge is 0.223 e. The van der Waals surface area contributed by atoms with Crippen LogP contribution in [0, 0.1) is 5.92 Å². The molecule has 1 aliphatic heterocycles. The number of piperidine rings is 1. The predicted molar refractivity (Wildman–Crippen MR) is 70.1 cm³/mol. The van der Waals surface area contributed by atoms with Gasteiger partial charge in [-0.15, -0.1) is 11.3 Å². The van der Waals surface area contributed by atoms with Crippen molar-refractivity contribution in [2.75, 3.05) is 18.4 Å². The summed E-state index contributed by atoms with van der Waals surface area (Å²) in [6.45, 7) is 7.04. The van der Waals surface area contributed by atoms with E-state index in [1.807, 2.05) is 5.38 Å². The quantitative estimate of drug-likeness (QED) is 0.899. The summed E-state index contributed by atoms with van der Waals surface area (Å²) in [6, 6.07) is 0. The first-order valence-electron chi connectivity index (χ1n) is 6.08. The largest absolute Gasteiger partial charge is 0.302 e. The molecule has 5 heteroatoms. The first-order valence-corrected chi connectivity index (χ1v) is 6.96. The van der Waals surface area contributed by atoms with Gasteiger partial charge < -0.3 is 5.32 Å². The van der Waals surface area contributed by atoms with Crippen molar-refractivity contribution in [2.45, 2.75) is 33.2 Å². The van der Waals surface area contributed by atoms with Crippen molar-refractivity contribution in [1.82, 2.24) is 9.88 Å². The highest BCUT2D eigenvalue weighted by molar-refractivity contribution is 7.13. The second kappa shape index (κ2) is 5.60. The molecule has 0 spiro atoms. The molecule has 4 nitrogen and oxygen atoms in total. The van der Waals surface area contributed by atoms with Gasteiger partial charge in [0.15, 0.2) is 5.13 Å². The minimum Gasteiger partial charge on any atom is -0.302 e. The summed E-state index contributed by atoms with van der Waals surface area (Å²) in [4.78, 5) is 17.8. The Kier molecular flexibility index (Phi) is 4.12. The van der Waals surface area contributed by atoms with Crippen LogP contribution in [0.3, 0.4) is 0 Å². The number of aromatic nitrogens is 1. The number of nitrogens with one attached hydrogen (secondary N) is 1. The molecule has 0 radical (unpaired) electrons. The van der Waals surface area contributed by atoms with E-state index in [0.29, 0.717) is 5.13 Å². The van der Waals surface area contributed by atoms with Crippen LogP contribution in [-0.4, -0.2) is 28.9 Å². The monoisotopic (exact) mass is 253 g/mol. The standard InChI is InChI=1S/C12H19N3OS/c1-9-4-3-5-15(6-9)7-11-8-17-12(14-11)13-10(2)16/h8-9H,3-7H2,1-2H3,(H,13,14,16)/t9-/m0/s1. The van der Waals surface area contributed by atoms with Crippen molar-refractivity contribution >= 4 is 22.4 Å². The van der Waals surface area contributed by atoms with Crippen LogP contribution in [0.1, 0.15) is 32.4 Å². The fourth-order valence-electron chi connectivity index (χ4n) is 2.25. The third-order valence-electron chi connectivity index (χ3n) is 2.96. The average molecular weight is 253 g/mol. The lowest BCUT2D eigenvalue weighted by atomic mass is 10.0. The molecule has 94 valence electrons. The second-order valence-corrected chi connectivity index (χ2v) is 5.67. The number of rotatable bonds is 3. The van der Waals surface area contributed by atoms with E-state index in [2.05, 4.69) is 22.1 Å². The lowest BCUT2D eigenvalue weighted by Crippen LogP contribution is -2.33. The third kappa shape index (κ3) is 3.78. The van der Waals surface area contributed by atoms with Crippen LogP contribution >= 0.6 is 11.3 Å². The van der Waals surface area contributed by atoms with Crippen molar-refractivity contribution in [2.24, 2.45) is 5.92 Å². The van der Waals surface area contributed by atoms with Crippen molar-refractivity contribution in [3.8, 4) is 0 Å². The van der Waals surface area contributed by atoms with Gasteiger partial charge in [-0.3, -0.25) is 9.69 Å². The molecule has 0 saturated carbocycles. The molecule has 0 aliphatic carbocycles. The SMILES string of the molecule is CC(=O)Nc1nc(CN2CCC[C@H](C)C2)cs1. The zero-order valence-corrected chi connectivity index (χ0v) is 11.2. The van der Waals surface area contributed by atoms with E-state index in [-0.39, 0.29) is 5.91 Å². The normalized spacial score (nSPS) is 21.4. The second-order valence-electron chi connectivity index (χ2n) is 4.81. The van der Waals surface area contributed by atoms with Gasteiger partial charge in [0.05, 0.1) is 5.69 Å². The number of thiazole rings is 1. The van der Waals surface area contributed by atoms with E-state index < -0.39 is 0 Å². The van der Waals surface area contributed by atoms with Crippen molar-refractivity contribution in [3.63, 3.8) is 0 Å². The molecule has 0 aromatic carbocycles. The molecule has 1 fully saturated rings. The van der Waals surface area contributed by atoms with Gasteiger partial charge in [-0.2, -0.15) is 0 Å². The topological polar surface area (TPSA) is 45.2 Å². The van der Waals surface area contributed by atoms with Gasteiger partial charge in [-0.05, 0) is 25.3 Å². The Morgan fingerprint density at radius 2 is 2.53 bits per heavy atom. The molecule has 1 aromatic heterocycles. The summed E-state index contributed by atoms with van der Waals surface area (Å²) in [6.07, 6.45) is 2.62. The van der Waals surface area contributed by atoms with Gasteiger partial charge in [0.25, 0.3) is 0 Å². The van der Waals surface area contributed by atoms with E-state index in [0.717, 1.165) is 31.2 Å². The first kappa shape index (κ1) is 12.5. The maximum atomic E-state index is 10.9. The molecular formula is C12H19N3OS. The molecule has 2 rings (SSSR count). The lowest BCUT2D eigenvalue weighted by Gasteiger charge is -2.30. The maximum Gasteiger partial charge on any atom is 0.223 e. The molecule has 0 bridgehead atoms. The Balaban J connectivity index is 1.89. The molecule has 1 aromatic rings. The summed E-state index contributed by atoms with van der Waals surface area (Å²) in [7, 11) is 0. The fourth-order valence-corrected chi connectivity index (χ4v) is 2.99. The van der Waals surface area contributed by atoms with Gasteiger partial charge in [-0.25, -0.2) is 4.98 Å². The highest BCUT2D eigenvalue weighted by Gasteiger charge is 2.17. The molecule has 2 heterocycles. The van der Waals surface area contributed by atoms with E-state index in [9.17, 15) is 4.79 Å². The van der Waals surface area contributed by atoms with Crippen LogP contribution in [0.2, 0.25) is 0 Å². The Morgan fingerprint density at radius 1 is 1.71 bits per heavy atom. The number of amides is 1. The van der Waals surface area contributed by atoms with Crippen molar-refractivity contribution < 1.29 is 4.79 Å². The van der Waals surface area contributed by atoms with E-state index >= 15 is 0 Å². The van der Waals surface area contributed by atoms with Gasteiger partial charge >= 0.3 is 0 Å².